The fourth-order valence-electron chi connectivity index (χ4n) is 3.95. The van der Waals surface area contributed by atoms with Gasteiger partial charge in [-0.1, -0.05) is 72.8 Å². The third-order valence-corrected chi connectivity index (χ3v) is 5.70. The van der Waals surface area contributed by atoms with Gasteiger partial charge in [-0.15, -0.1) is 0 Å². The monoisotopic (exact) mass is 428 g/mol. The van der Waals surface area contributed by atoms with Gasteiger partial charge in [0.15, 0.2) is 5.78 Å². The number of imide groups is 1. The van der Waals surface area contributed by atoms with Gasteiger partial charge in [0, 0.05) is 12.0 Å². The van der Waals surface area contributed by atoms with E-state index in [0.29, 0.717) is 11.3 Å². The molecule has 1 fully saturated rings. The van der Waals surface area contributed by atoms with Crippen molar-refractivity contribution in [1.82, 2.24) is 10.2 Å². The Morgan fingerprint density at radius 2 is 1.53 bits per heavy atom. The Bertz CT molecular complexity index is 1160. The van der Waals surface area contributed by atoms with Gasteiger partial charge in [0.05, 0.1) is 13.7 Å². The average Bonchev–Trinajstić information content (AvgIpc) is 3.02. The predicted molar refractivity (Wildman–Crippen MR) is 122 cm³/mol. The van der Waals surface area contributed by atoms with Gasteiger partial charge in [0.25, 0.3) is 5.91 Å². The number of carbonyl (C=O) groups excluding carboxylic acids is 3. The minimum absolute atomic E-state index is 0.262. The van der Waals surface area contributed by atoms with Crippen LogP contribution in [0.15, 0.2) is 78.9 Å². The summed E-state index contributed by atoms with van der Waals surface area (Å²) in [7, 11) is 1.56. The molecule has 1 atom stereocenters. The number of nitrogens with one attached hydrogen (secondary N) is 1. The molecule has 6 nitrogen and oxygen atoms in total. The minimum Gasteiger partial charge on any atom is -0.496 e. The number of hydrogen-bond donors (Lipinski definition) is 1. The van der Waals surface area contributed by atoms with Crippen LogP contribution in [0.1, 0.15) is 22.8 Å². The molecule has 1 aliphatic heterocycles. The van der Waals surface area contributed by atoms with Gasteiger partial charge in [0.1, 0.15) is 11.3 Å². The summed E-state index contributed by atoms with van der Waals surface area (Å²) in [6.45, 7) is 1.36. The summed E-state index contributed by atoms with van der Waals surface area (Å²) in [6.07, 6.45) is 0.262. The van der Waals surface area contributed by atoms with Crippen LogP contribution in [0, 0.1) is 0 Å². The largest absolute Gasteiger partial charge is 0.496 e. The van der Waals surface area contributed by atoms with E-state index in [1.54, 1.807) is 32.2 Å². The first-order valence-corrected chi connectivity index (χ1v) is 10.4. The second-order valence-corrected chi connectivity index (χ2v) is 8.01. The molecule has 6 heteroatoms. The zero-order chi connectivity index (χ0) is 22.7. The Morgan fingerprint density at radius 1 is 0.906 bits per heavy atom. The summed E-state index contributed by atoms with van der Waals surface area (Å²) in [6, 6.07) is 23.8. The van der Waals surface area contributed by atoms with Crippen LogP contribution in [0.25, 0.3) is 11.1 Å². The Kier molecular flexibility index (Phi) is 5.77. The highest BCUT2D eigenvalue weighted by atomic mass is 16.5. The fraction of sp³-hybridized carbons (Fsp3) is 0.192. The van der Waals surface area contributed by atoms with Crippen molar-refractivity contribution in [2.75, 3.05) is 13.7 Å². The summed E-state index contributed by atoms with van der Waals surface area (Å²) in [5.41, 5.74) is 2.14. The third kappa shape index (κ3) is 4.12. The Balaban J connectivity index is 1.48. The lowest BCUT2D eigenvalue weighted by Crippen LogP contribution is -2.46. The molecular formula is C26H24N2O4. The number of hydrogen-bond acceptors (Lipinski definition) is 4. The number of nitrogens with zero attached hydrogens (tertiary/aromatic N) is 1. The Hall–Kier alpha value is -3.93. The number of para-hydroxylation sites is 1. The van der Waals surface area contributed by atoms with Crippen molar-refractivity contribution < 1.29 is 19.1 Å². The molecule has 1 saturated heterocycles. The highest BCUT2D eigenvalue weighted by Crippen LogP contribution is 2.27. The van der Waals surface area contributed by atoms with E-state index in [0.717, 1.165) is 21.6 Å². The van der Waals surface area contributed by atoms with Crippen LogP contribution in [0.2, 0.25) is 0 Å². The number of urea groups is 1. The second kappa shape index (κ2) is 8.67. The standard InChI is InChI=1S/C26H24N2O4/c1-26(16-21-10-6-7-11-23(21)32-2)24(30)28(25(31)27-26)17-22(29)20-14-12-19(13-15-20)18-8-4-3-5-9-18/h3-15H,16-17H2,1-2H3,(H,27,31)/t26-/m0/s1. The third-order valence-electron chi connectivity index (χ3n) is 5.70. The number of rotatable bonds is 7. The van der Waals surface area contributed by atoms with Gasteiger partial charge in [-0.05, 0) is 29.7 Å². The molecule has 0 bridgehead atoms. The quantitative estimate of drug-likeness (QED) is 0.454. The van der Waals surface area contributed by atoms with E-state index in [1.807, 2.05) is 60.7 Å². The number of ether oxygens (including phenoxy) is 1. The van der Waals surface area contributed by atoms with E-state index in [-0.39, 0.29) is 18.7 Å². The SMILES string of the molecule is COc1ccccc1C[C@]1(C)NC(=O)N(CC(=O)c2ccc(-c3ccccc3)cc2)C1=O. The number of methoxy groups -OCH3 is 1. The molecule has 1 N–H and O–H groups in total. The smallest absolute Gasteiger partial charge is 0.325 e. The molecule has 1 heterocycles. The molecule has 0 aliphatic carbocycles. The van der Waals surface area contributed by atoms with Crippen molar-refractivity contribution >= 4 is 17.7 Å². The average molecular weight is 428 g/mol. The van der Waals surface area contributed by atoms with Gasteiger partial charge >= 0.3 is 6.03 Å². The van der Waals surface area contributed by atoms with Crippen molar-refractivity contribution in [2.24, 2.45) is 0 Å². The van der Waals surface area contributed by atoms with Crippen LogP contribution in [0.4, 0.5) is 4.79 Å². The lowest BCUT2D eigenvalue weighted by atomic mass is 9.92. The van der Waals surface area contributed by atoms with Gasteiger partial charge < -0.3 is 10.1 Å². The molecule has 0 spiro atoms. The maximum atomic E-state index is 13.1. The summed E-state index contributed by atoms with van der Waals surface area (Å²) >= 11 is 0. The van der Waals surface area contributed by atoms with Crippen molar-refractivity contribution in [3.8, 4) is 16.9 Å². The topological polar surface area (TPSA) is 75.7 Å². The number of carbonyl (C=O) groups is 3. The summed E-state index contributed by atoms with van der Waals surface area (Å²) < 4.78 is 5.36. The first kappa shape index (κ1) is 21.3. The first-order valence-electron chi connectivity index (χ1n) is 10.4. The minimum atomic E-state index is -1.15. The lowest BCUT2D eigenvalue weighted by Gasteiger charge is -2.22. The second-order valence-electron chi connectivity index (χ2n) is 8.01. The molecule has 32 heavy (non-hydrogen) atoms. The van der Waals surface area contributed by atoms with E-state index in [1.165, 1.54) is 0 Å². The molecule has 0 radical (unpaired) electrons. The molecule has 4 rings (SSSR count). The molecule has 162 valence electrons. The van der Waals surface area contributed by atoms with E-state index < -0.39 is 17.5 Å². The molecule has 3 aromatic rings. The molecule has 1 aliphatic rings. The van der Waals surface area contributed by atoms with Gasteiger partial charge in [-0.3, -0.25) is 14.5 Å². The fourth-order valence-corrected chi connectivity index (χ4v) is 3.95. The van der Waals surface area contributed by atoms with Crippen molar-refractivity contribution in [3.05, 3.63) is 90.0 Å². The number of benzene rings is 3. The van der Waals surface area contributed by atoms with E-state index in [4.69, 9.17) is 4.74 Å². The van der Waals surface area contributed by atoms with Crippen molar-refractivity contribution in [3.63, 3.8) is 0 Å². The molecule has 0 unspecified atom stereocenters. The maximum absolute atomic E-state index is 13.1. The number of ketones is 1. The van der Waals surface area contributed by atoms with Crippen LogP contribution in [0.5, 0.6) is 5.75 Å². The summed E-state index contributed by atoms with van der Waals surface area (Å²) in [5, 5.41) is 2.75. The highest BCUT2D eigenvalue weighted by molar-refractivity contribution is 6.11. The van der Waals surface area contributed by atoms with E-state index >= 15 is 0 Å². The van der Waals surface area contributed by atoms with Crippen LogP contribution < -0.4 is 10.1 Å². The highest BCUT2D eigenvalue weighted by Gasteiger charge is 2.48. The Labute approximate surface area is 186 Å². The van der Waals surface area contributed by atoms with E-state index in [9.17, 15) is 14.4 Å². The summed E-state index contributed by atoms with van der Waals surface area (Å²) in [4.78, 5) is 39.5. The van der Waals surface area contributed by atoms with Crippen LogP contribution in [-0.4, -0.2) is 41.8 Å². The zero-order valence-electron chi connectivity index (χ0n) is 18.0. The molecular weight excluding hydrogens is 404 g/mol. The van der Waals surface area contributed by atoms with Crippen LogP contribution >= 0.6 is 0 Å². The predicted octanol–water partition coefficient (Wildman–Crippen LogP) is 4.10. The lowest BCUT2D eigenvalue weighted by molar-refractivity contribution is -0.130. The van der Waals surface area contributed by atoms with Crippen molar-refractivity contribution in [2.45, 2.75) is 18.9 Å². The van der Waals surface area contributed by atoms with E-state index in [2.05, 4.69) is 5.32 Å². The molecule has 3 amide bonds. The van der Waals surface area contributed by atoms with Crippen LogP contribution in [-0.2, 0) is 11.2 Å². The maximum Gasteiger partial charge on any atom is 0.325 e. The Morgan fingerprint density at radius 3 is 2.22 bits per heavy atom. The molecule has 3 aromatic carbocycles. The van der Waals surface area contributed by atoms with Crippen LogP contribution in [0.3, 0.4) is 0 Å². The molecule has 0 aromatic heterocycles. The number of amides is 3. The van der Waals surface area contributed by atoms with Gasteiger partial charge in [-0.2, -0.15) is 0 Å². The zero-order valence-corrected chi connectivity index (χ0v) is 18.0. The number of Topliss-reactive ketones (excluding diaryl/α,β-unsaturated/α-hetero) is 1. The van der Waals surface area contributed by atoms with Crippen molar-refractivity contribution in [1.29, 1.82) is 0 Å². The summed E-state index contributed by atoms with van der Waals surface area (Å²) in [5.74, 6) is -0.0823. The molecule has 0 saturated carbocycles. The first-order chi connectivity index (χ1) is 15.4. The normalized spacial score (nSPS) is 17.9. The van der Waals surface area contributed by atoms with Gasteiger partial charge in [-0.25, -0.2) is 4.79 Å². The van der Waals surface area contributed by atoms with Gasteiger partial charge in [0.2, 0.25) is 0 Å².